The third-order valence-corrected chi connectivity index (χ3v) is 0. The number of carbonyl (C=O) groups is 1. The molecule has 0 unspecified atom stereocenters. The Labute approximate surface area is 148 Å². The first kappa shape index (κ1) is 43.2. The molecular weight excluding hydrogens is 309 g/mol. The van der Waals surface area contributed by atoms with Crippen molar-refractivity contribution in [1.29, 1.82) is 0 Å². The molecule has 120 valence electrons. The van der Waals surface area contributed by atoms with Crippen LogP contribution < -0.4 is 47.8 Å². The largest absolute Gasteiger partial charge is 1.00 e. The summed E-state index contributed by atoms with van der Waals surface area (Å²) >= 11 is 0. The molecule has 12 N–H and O–H groups in total. The Morgan fingerprint density at radius 2 is 0.591 bits per heavy atom. The van der Waals surface area contributed by atoms with E-state index in [1.165, 1.54) is 0 Å². The average molecular weight is 321 g/mol. The van der Waals surface area contributed by atoms with Crippen LogP contribution in [0.4, 0.5) is 4.79 Å². The van der Waals surface area contributed by atoms with E-state index in [1.54, 1.807) is 0 Å². The monoisotopic (exact) mass is 322 g/mol. The Balaban J connectivity index is -0.0000000250. The van der Waals surface area contributed by atoms with E-state index in [-0.39, 0.29) is 37.7 Å². The molecule has 0 bridgehead atoms. The Morgan fingerprint density at radius 1 is 0.591 bits per heavy atom. The van der Waals surface area contributed by atoms with Gasteiger partial charge in [-0.3, -0.25) is 0 Å². The van der Waals surface area contributed by atoms with Gasteiger partial charge in [-0.2, -0.15) is 0 Å². The summed E-state index contributed by atoms with van der Waals surface area (Å²) in [5.74, 6) is 0. The van der Waals surface area contributed by atoms with Gasteiger partial charge in [0.1, 0.15) is 0 Å². The molecule has 0 aliphatic carbocycles. The zero-order chi connectivity index (χ0) is 17.9. The van der Waals surface area contributed by atoms with E-state index in [0.29, 0.717) is 0 Å². The van der Waals surface area contributed by atoms with Crippen LogP contribution in [0.5, 0.6) is 0 Å². The van der Waals surface area contributed by atoms with E-state index < -0.39 is 35.4 Å². The average Bonchev–Trinajstić information content (AvgIpc) is 1.94. The molecule has 0 atom stereocenters. The second-order valence-corrected chi connectivity index (χ2v) is 1.63. The van der Waals surface area contributed by atoms with Crippen LogP contribution in [-0.4, -0.2) is 95.9 Å². The van der Waals surface area contributed by atoms with Crippen LogP contribution >= 0.6 is 0 Å². The van der Waals surface area contributed by atoms with Crippen molar-refractivity contribution in [3.63, 3.8) is 0 Å². The molecule has 22 heavy (non-hydrogen) atoms. The number of hydrogen-bond acceptors (Lipinski definition) is 13. The molecule has 0 aromatic carbocycles. The summed E-state index contributed by atoms with van der Waals surface area (Å²) in [5.41, 5.74) is 0. The van der Waals surface area contributed by atoms with Gasteiger partial charge in [-0.25, -0.2) is 4.79 Å². The first-order valence-electron chi connectivity index (χ1n) is 3.70. The molecule has 0 spiro atoms. The van der Waals surface area contributed by atoms with Crippen molar-refractivity contribution in [2.24, 2.45) is 0 Å². The van der Waals surface area contributed by atoms with Crippen molar-refractivity contribution in [2.75, 3.05) is 0 Å². The summed E-state index contributed by atoms with van der Waals surface area (Å²) in [4.78, 5) is 8.56. The molecule has 0 aliphatic heterocycles. The summed E-state index contributed by atoms with van der Waals surface area (Å²) in [7, 11) is -9.17. The normalized spacial score (nSPS) is 6.00. The van der Waals surface area contributed by atoms with Gasteiger partial charge in [0.2, 0.25) is 0 Å². The first-order chi connectivity index (χ1) is 8.66. The maximum absolute atomic E-state index is 8.56. The van der Waals surface area contributed by atoms with E-state index in [4.69, 9.17) is 75.3 Å². The van der Waals surface area contributed by atoms with Crippen LogP contribution in [0.25, 0.3) is 0 Å². The SMILES string of the molecule is O=C(O)O.OB(O)O.OB(O)O.OB(O)O.[Li+].[Li+].[O-]B([O-])O. The van der Waals surface area contributed by atoms with Gasteiger partial charge >= 0.3 is 65.8 Å². The zero-order valence-corrected chi connectivity index (χ0v) is 11.4. The van der Waals surface area contributed by atoms with Crippen molar-refractivity contribution in [2.45, 2.75) is 0 Å². The first-order valence-corrected chi connectivity index (χ1v) is 3.70. The van der Waals surface area contributed by atoms with Crippen LogP contribution in [0.1, 0.15) is 0 Å². The quantitative estimate of drug-likeness (QED) is 0.184. The molecule has 0 aromatic rings. The predicted molar refractivity (Wildman–Crippen MR) is 55.9 cm³/mol. The Hall–Kier alpha value is 0.245. The van der Waals surface area contributed by atoms with Gasteiger partial charge in [0.15, 0.2) is 0 Å². The molecule has 0 rings (SSSR count). The van der Waals surface area contributed by atoms with Gasteiger partial charge in [0.05, 0.1) is 7.32 Å². The topological polar surface area (TPSA) is 306 Å². The minimum Gasteiger partial charge on any atom is -0.871 e. The molecular formula is CH12B4Li2O15. The maximum atomic E-state index is 8.56. The van der Waals surface area contributed by atoms with Gasteiger partial charge in [0.25, 0.3) is 0 Å². The summed E-state index contributed by atoms with van der Waals surface area (Å²) in [6.07, 6.45) is -1.83. The molecule has 0 amide bonds. The van der Waals surface area contributed by atoms with Gasteiger partial charge in [-0.1, -0.05) is 0 Å². The van der Waals surface area contributed by atoms with Gasteiger partial charge in [0, 0.05) is 0 Å². The zero-order valence-electron chi connectivity index (χ0n) is 11.4. The maximum Gasteiger partial charge on any atom is 1.00 e. The summed E-state index contributed by atoms with van der Waals surface area (Å²) in [6, 6.07) is 0. The molecule has 0 saturated heterocycles. The van der Waals surface area contributed by atoms with Crippen molar-refractivity contribution in [3.8, 4) is 0 Å². The van der Waals surface area contributed by atoms with Crippen LogP contribution in [0.2, 0.25) is 0 Å². The van der Waals surface area contributed by atoms with E-state index in [2.05, 4.69) is 0 Å². The fourth-order valence-electron chi connectivity index (χ4n) is 0. The van der Waals surface area contributed by atoms with Gasteiger partial charge in [-0.05, 0) is 0 Å². The van der Waals surface area contributed by atoms with E-state index in [1.807, 2.05) is 0 Å². The van der Waals surface area contributed by atoms with Gasteiger partial charge < -0.3 is 70.5 Å². The molecule has 0 heterocycles. The molecule has 0 aromatic heterocycles. The minimum atomic E-state index is -2.67. The molecule has 0 radical (unpaired) electrons. The number of hydrogen-bond donors (Lipinski definition) is 12. The molecule has 21 heteroatoms. The molecule has 15 nitrogen and oxygen atoms in total. The van der Waals surface area contributed by atoms with Gasteiger partial charge in [-0.15, -0.1) is 0 Å². The van der Waals surface area contributed by atoms with Crippen LogP contribution in [0.3, 0.4) is 0 Å². The van der Waals surface area contributed by atoms with Crippen LogP contribution in [0.15, 0.2) is 0 Å². The van der Waals surface area contributed by atoms with E-state index >= 15 is 0 Å². The van der Waals surface area contributed by atoms with Crippen molar-refractivity contribution < 1.29 is 113 Å². The second kappa shape index (κ2) is 37.5. The Morgan fingerprint density at radius 3 is 0.591 bits per heavy atom. The summed E-state index contributed by atoms with van der Waals surface area (Å²) < 4.78 is 0. The molecule has 0 aliphatic rings. The van der Waals surface area contributed by atoms with E-state index in [9.17, 15) is 0 Å². The Kier molecular flexibility index (Phi) is 73.6. The summed E-state index contributed by atoms with van der Waals surface area (Å²) in [6.45, 7) is 0. The fraction of sp³-hybridized carbons (Fsp3) is 0. The number of carboxylic acid groups (broad SMARTS) is 2. The van der Waals surface area contributed by atoms with Crippen LogP contribution in [0, 0.1) is 0 Å². The molecule has 0 saturated carbocycles. The summed E-state index contributed by atoms with van der Waals surface area (Å²) in [5, 5.41) is 102. The van der Waals surface area contributed by atoms with E-state index in [0.717, 1.165) is 0 Å². The van der Waals surface area contributed by atoms with Crippen molar-refractivity contribution in [3.05, 3.63) is 0 Å². The predicted octanol–water partition coefficient (Wildman–Crippen LogP) is -15.2. The van der Waals surface area contributed by atoms with Crippen molar-refractivity contribution >= 4 is 35.4 Å². The number of rotatable bonds is 0. The van der Waals surface area contributed by atoms with Crippen LogP contribution in [-0.2, 0) is 0 Å². The smallest absolute Gasteiger partial charge is 0.871 e. The van der Waals surface area contributed by atoms with Crippen molar-refractivity contribution in [1.82, 2.24) is 0 Å². The minimum absolute atomic E-state index is 0. The third-order valence-electron chi connectivity index (χ3n) is 0. The standard InChI is InChI=1S/CH2O3.3BH3O3.BHO3.2Li/c5*2-1(3)4;;/h(H2,2,3,4);3*2-4H;2H;;/q;;;;-2;2*+1. The molecule has 0 fully saturated rings. The third kappa shape index (κ3) is 125000. The second-order valence-electron chi connectivity index (χ2n) is 1.63. The fourth-order valence-corrected chi connectivity index (χ4v) is 0. The Bertz CT molecular complexity index is 129.